The first-order chi connectivity index (χ1) is 58.0. The minimum atomic E-state index is -4.08. The molecule has 0 saturated carbocycles. The van der Waals surface area contributed by atoms with E-state index in [-0.39, 0.29) is 131 Å². The fraction of sp³-hybridized carbons (Fsp3) is 0.895. The Labute approximate surface area is 722 Å². The Morgan fingerprint density at radius 3 is 0.767 bits per heavy atom. The van der Waals surface area contributed by atoms with Crippen LogP contribution in [0.3, 0.4) is 0 Å². The molecule has 0 saturated heterocycles. The topological polar surface area (TPSA) is 470 Å². The van der Waals surface area contributed by atoms with Crippen LogP contribution in [-0.4, -0.2) is 219 Å². The Bertz CT molecular complexity index is 2730. The Balaban J connectivity index is 0. The zero-order valence-corrected chi connectivity index (χ0v) is 78.4. The van der Waals surface area contributed by atoms with Crippen molar-refractivity contribution in [2.24, 2.45) is 20.5 Å². The van der Waals surface area contributed by atoms with Crippen LogP contribution in [0.15, 0.2) is 71.1 Å². The van der Waals surface area contributed by atoms with Crippen molar-refractivity contribution in [3.63, 3.8) is 0 Å². The maximum Gasteiger partial charge on any atom is 0.475 e. The Morgan fingerprint density at radius 2 is 0.542 bits per heavy atom. The molecular weight excluding hydrogens is 1670 g/mol. The first-order valence-electron chi connectivity index (χ1n) is 42.7. The van der Waals surface area contributed by atoms with Gasteiger partial charge in [-0.25, -0.2) is 18.3 Å². The summed E-state index contributed by atoms with van der Waals surface area (Å²) in [4.78, 5) is 11.4. The lowest BCUT2D eigenvalue weighted by Gasteiger charge is -2.22. The van der Waals surface area contributed by atoms with E-state index in [9.17, 15) is 28.5 Å². The van der Waals surface area contributed by atoms with Gasteiger partial charge in [0.25, 0.3) is 0 Å². The van der Waals surface area contributed by atoms with Gasteiger partial charge in [0.2, 0.25) is 0 Å². The van der Waals surface area contributed by atoms with Gasteiger partial charge >= 0.3 is 31.3 Å². The maximum atomic E-state index is 13.4. The Hall–Kier alpha value is -2.69. The van der Waals surface area contributed by atoms with Crippen molar-refractivity contribution in [3.8, 4) is 0 Å². The second-order valence-corrected chi connectivity index (χ2v) is 37.6. The average Bonchev–Trinajstić information content (AvgIpc) is 0.902. The lowest BCUT2D eigenvalue weighted by Crippen LogP contribution is -2.22. The van der Waals surface area contributed by atoms with E-state index in [1.54, 1.807) is 0 Å². The number of unbranched alkanes of at least 4 members (excludes halogenated alkanes) is 20. The van der Waals surface area contributed by atoms with Crippen LogP contribution in [0.25, 0.3) is 41.8 Å². The zero-order valence-electron chi connectivity index (χ0n) is 73.0. The standard InChI is InChI=1S/C39H76B2N6O12P4.C37H72N6O12P2/c1-7-11-13-15-18-22-38(58-60(5)40)24-30-50-32-36(44-46-42)34-56-62(48,52-26-9-3)54-28-20-17-21-29-55-63(49,53-27-10-4)57-35-37(45-47-43)33-51-31-25-39(59-61(6)41)23-19-16-14-12-8-2;1-5-9-11-13-16-20-36(44)22-28-48-30-34(40-42-38)32-54-56(46,50-24-7-3)52-26-18-15-19-27-53-57(47,51-25-8-4)55-33-35(41-43-39)31-49-29-23-37(45)21-17-14-12-10-6-2/h9-10,36-39H,3-4,7-8,11-35H2,1-2,5-6H3;7-8,34-37,44-45H,3-6,9-33H2,1-2H3/t36?,37?,38-,39-,60?,61?,62?,63?;34?,35?,36-,37-,56?,57?/m11/s1. The molecule has 0 aliphatic heterocycles. The van der Waals surface area contributed by atoms with Crippen LogP contribution in [0.5, 0.6) is 0 Å². The molecule has 0 aromatic carbocycles. The fourth-order valence-electron chi connectivity index (χ4n) is 10.9. The highest BCUT2D eigenvalue weighted by atomic mass is 31.2. The van der Waals surface area contributed by atoms with Gasteiger partial charge in [0, 0.05) is 46.1 Å². The summed E-state index contributed by atoms with van der Waals surface area (Å²) in [5.74, 6) is 0. The molecule has 0 bridgehead atoms. The number of rotatable bonds is 92. The van der Waals surface area contributed by atoms with Crippen LogP contribution in [0.1, 0.15) is 246 Å². The summed E-state index contributed by atoms with van der Waals surface area (Å²) in [6.45, 7) is 26.3. The van der Waals surface area contributed by atoms with Crippen molar-refractivity contribution >= 4 is 62.5 Å². The number of aliphatic hydroxyl groups excluding tert-OH is 2. The summed E-state index contributed by atoms with van der Waals surface area (Å²) in [6.07, 6.45) is 35.2. The van der Waals surface area contributed by atoms with Crippen LogP contribution in [-0.2, 0) is 101 Å². The SMILES string of the molecule is C=CCOP(=O)(OCCCCCOP(=O)(OCC=C)OCC(COCC[C@H](O)CCCCCCC)N=[N+]=[N-])OCC(COCC[C@H](O)CCCCCCC)N=[N+]=[N-].[B]P(C)O[C@H](CCCCCCC)CCOCC(COP(=O)(OCC=C)OCCCCCOP(=O)(OCC=C)OCC(COCC[C@@H](CCCCCCC)OP([B])C)N=[N+]=[N-])N=[N+]=[N-]. The van der Waals surface area contributed by atoms with Gasteiger partial charge in [0.15, 0.2) is 0 Å². The van der Waals surface area contributed by atoms with Crippen LogP contribution in [0.2, 0.25) is 0 Å². The van der Waals surface area contributed by atoms with Gasteiger partial charge < -0.3 is 38.2 Å². The van der Waals surface area contributed by atoms with Gasteiger partial charge in [-0.2, -0.15) is 0 Å². The van der Waals surface area contributed by atoms with Gasteiger partial charge in [-0.1, -0.05) is 201 Å². The van der Waals surface area contributed by atoms with E-state index in [0.29, 0.717) is 90.3 Å². The van der Waals surface area contributed by atoms with Gasteiger partial charge in [-0.15, -0.1) is 26.3 Å². The van der Waals surface area contributed by atoms with Crippen molar-refractivity contribution in [1.82, 2.24) is 0 Å². The number of phosphoric acid groups is 4. The third-order valence-electron chi connectivity index (χ3n) is 17.3. The van der Waals surface area contributed by atoms with Crippen LogP contribution in [0.4, 0.5) is 0 Å². The lowest BCUT2D eigenvalue weighted by atomic mass is 10.1. The molecule has 0 aliphatic rings. The molecule has 0 aromatic heterocycles. The third kappa shape index (κ3) is 75.5. The van der Waals surface area contributed by atoms with Crippen LogP contribution < -0.4 is 0 Å². The zero-order chi connectivity index (χ0) is 89.2. The van der Waals surface area contributed by atoms with Crippen molar-refractivity contribution in [3.05, 3.63) is 92.4 Å². The molecule has 44 heteroatoms. The highest BCUT2D eigenvalue weighted by molar-refractivity contribution is 7.77. The van der Waals surface area contributed by atoms with Gasteiger partial charge in [0.05, 0.1) is 154 Å². The number of hydrogen-bond donors (Lipinski definition) is 2. The number of phosphoric ester groups is 4. The lowest BCUT2D eigenvalue weighted by molar-refractivity contribution is 0.0566. The number of ether oxygens (including phenoxy) is 4. The number of nitrogens with zero attached hydrogens (tertiary/aromatic N) is 12. The average molecular weight is 1820 g/mol. The molecule has 0 spiro atoms. The third-order valence-corrected chi connectivity index (χ3v) is 24.3. The summed E-state index contributed by atoms with van der Waals surface area (Å²) in [5.41, 5.74) is 36.3. The molecule has 36 nitrogen and oxygen atoms in total. The molecule has 0 aliphatic carbocycles. The minimum absolute atomic E-state index is 0.00893. The quantitative estimate of drug-likeness (QED) is 0.0109. The van der Waals surface area contributed by atoms with E-state index in [2.05, 4.69) is 94.1 Å². The van der Waals surface area contributed by atoms with Crippen molar-refractivity contribution < 1.29 is 111 Å². The molecule has 2 N–H and O–H groups in total. The van der Waals surface area contributed by atoms with E-state index < -0.39 is 83.7 Å². The predicted octanol–water partition coefficient (Wildman–Crippen LogP) is 23.2. The van der Waals surface area contributed by atoms with Crippen molar-refractivity contribution in [2.75, 3.05) is 145 Å². The predicted molar refractivity (Wildman–Crippen MR) is 476 cm³/mol. The van der Waals surface area contributed by atoms with E-state index >= 15 is 0 Å². The first-order valence-corrected chi connectivity index (χ1v) is 52.1. The second-order valence-electron chi connectivity index (χ2n) is 28.3. The van der Waals surface area contributed by atoms with Crippen molar-refractivity contribution in [1.29, 1.82) is 0 Å². The maximum absolute atomic E-state index is 13.4. The summed E-state index contributed by atoms with van der Waals surface area (Å²) in [5, 5.41) is 35.2. The minimum Gasteiger partial charge on any atom is -0.393 e. The molecule has 4 radical (unpaired) electrons. The van der Waals surface area contributed by atoms with Gasteiger partial charge in [-0.3, -0.25) is 54.3 Å². The monoisotopic (exact) mass is 1820 g/mol. The smallest absolute Gasteiger partial charge is 0.393 e. The van der Waals surface area contributed by atoms with Crippen LogP contribution in [0, 0.1) is 0 Å². The Morgan fingerprint density at radius 1 is 0.317 bits per heavy atom. The van der Waals surface area contributed by atoms with Gasteiger partial charge in [0.1, 0.15) is 15.1 Å². The number of aliphatic hydroxyl groups is 2. The summed E-state index contributed by atoms with van der Waals surface area (Å²) < 4.78 is 153. The molecule has 10 unspecified atom stereocenters. The highest BCUT2D eigenvalue weighted by Crippen LogP contribution is 2.53. The van der Waals surface area contributed by atoms with E-state index in [4.69, 9.17) is 120 Å². The molecule has 0 amide bonds. The van der Waals surface area contributed by atoms with E-state index in [0.717, 1.165) is 89.9 Å². The molecule has 14 atom stereocenters. The molecule has 0 rings (SSSR count). The largest absolute Gasteiger partial charge is 0.475 e. The normalized spacial score (nSPS) is 16.0. The van der Waals surface area contributed by atoms with E-state index in [1.807, 2.05) is 13.3 Å². The number of hydrogen-bond acceptors (Lipinski definition) is 28. The summed E-state index contributed by atoms with van der Waals surface area (Å²) in [7, 11) is -6.43. The summed E-state index contributed by atoms with van der Waals surface area (Å²) >= 11 is 0. The second kappa shape index (κ2) is 84.5. The summed E-state index contributed by atoms with van der Waals surface area (Å²) in [6, 6.07) is -3.22. The van der Waals surface area contributed by atoms with Crippen LogP contribution >= 0.6 is 47.3 Å². The molecule has 0 fully saturated rings. The Kier molecular flexibility index (Phi) is 84.0. The first kappa shape index (κ1) is 119. The molecule has 692 valence electrons. The molecule has 120 heavy (non-hydrogen) atoms. The number of azide groups is 4. The van der Waals surface area contributed by atoms with Gasteiger partial charge in [-0.05, 0) is 141 Å². The molecule has 0 heterocycles. The van der Waals surface area contributed by atoms with E-state index in [1.165, 1.54) is 75.7 Å². The molecule has 0 aromatic rings. The molecular formula is C76H148B2N12O24P6. The highest BCUT2D eigenvalue weighted by Gasteiger charge is 2.32. The fourth-order valence-corrected chi connectivity index (χ4v) is 17.1. The van der Waals surface area contributed by atoms with Crippen molar-refractivity contribution in [2.45, 2.75) is 295 Å².